The Morgan fingerprint density at radius 2 is 1.74 bits per heavy atom. The summed E-state index contributed by atoms with van der Waals surface area (Å²) in [5.41, 5.74) is 12.3. The summed E-state index contributed by atoms with van der Waals surface area (Å²) < 4.78 is 22.2. The van der Waals surface area contributed by atoms with Crippen molar-refractivity contribution in [2.75, 3.05) is 12.8 Å². The van der Waals surface area contributed by atoms with Gasteiger partial charge in [-0.2, -0.15) is 4.37 Å². The molecule has 0 saturated carbocycles. The van der Waals surface area contributed by atoms with E-state index in [9.17, 15) is 18.8 Å². The average Bonchev–Trinajstić information content (AvgIpc) is 3.23. The maximum Gasteiger partial charge on any atom is 0.270 e. The Kier molecular flexibility index (Phi) is 7.79. The van der Waals surface area contributed by atoms with Gasteiger partial charge < -0.3 is 26.4 Å². The summed E-state index contributed by atoms with van der Waals surface area (Å²) in [5, 5.41) is 2.75. The second-order valence-electron chi connectivity index (χ2n) is 7.44. The van der Waals surface area contributed by atoms with Crippen LogP contribution < -0.4 is 21.5 Å². The molecule has 178 valence electrons. The maximum absolute atomic E-state index is 13.4. The molecule has 0 bridgehead atoms. The molecule has 0 aliphatic rings. The molecule has 0 radical (unpaired) electrons. The molecule has 0 spiro atoms. The molecule has 0 aliphatic carbocycles. The minimum Gasteiger partial charge on any atom is -0.497 e. The van der Waals surface area contributed by atoms with Crippen molar-refractivity contribution in [2.24, 2.45) is 5.73 Å². The number of nitrogen functional groups attached to an aromatic ring is 1. The zero-order valence-electron chi connectivity index (χ0n) is 18.6. The van der Waals surface area contributed by atoms with E-state index < -0.39 is 23.8 Å². The van der Waals surface area contributed by atoms with E-state index in [4.69, 9.17) is 16.2 Å². The van der Waals surface area contributed by atoms with E-state index in [0.717, 1.165) is 17.1 Å². The Labute approximate surface area is 199 Å². The minimum atomic E-state index is -0.909. The zero-order valence-corrected chi connectivity index (χ0v) is 19.4. The summed E-state index contributed by atoms with van der Waals surface area (Å²) in [6.45, 7) is 1.81. The third-order valence-electron chi connectivity index (χ3n) is 5.16. The second kappa shape index (κ2) is 10.8. The first kappa shape index (κ1) is 24.6. The maximum atomic E-state index is 13.4. The van der Waals surface area contributed by atoms with Crippen molar-refractivity contribution in [3.8, 4) is 5.75 Å². The van der Waals surface area contributed by atoms with Gasteiger partial charge in [0.1, 0.15) is 22.5 Å². The molecular weight excluding hydrogens is 461 g/mol. The fourth-order valence-corrected chi connectivity index (χ4v) is 3.91. The van der Waals surface area contributed by atoms with E-state index in [1.165, 1.54) is 17.0 Å². The second-order valence-corrected chi connectivity index (χ2v) is 8.21. The quantitative estimate of drug-likeness (QED) is 0.425. The molecule has 34 heavy (non-hydrogen) atoms. The highest BCUT2D eigenvalue weighted by Gasteiger charge is 2.31. The van der Waals surface area contributed by atoms with Crippen LogP contribution in [0, 0.1) is 5.82 Å². The summed E-state index contributed by atoms with van der Waals surface area (Å²) in [7, 11) is 1.54. The molecule has 3 amide bonds. The zero-order chi connectivity index (χ0) is 24.8. The summed E-state index contributed by atoms with van der Waals surface area (Å²) >= 11 is 0.744. The largest absolute Gasteiger partial charge is 0.497 e. The molecule has 5 N–H and O–H groups in total. The Balaban J connectivity index is 1.84. The highest BCUT2D eigenvalue weighted by molar-refractivity contribution is 7.09. The molecule has 9 nitrogen and oxygen atoms in total. The van der Waals surface area contributed by atoms with E-state index in [0.29, 0.717) is 11.3 Å². The van der Waals surface area contributed by atoms with E-state index in [1.807, 2.05) is 0 Å². The predicted molar refractivity (Wildman–Crippen MR) is 126 cm³/mol. The van der Waals surface area contributed by atoms with E-state index in [1.54, 1.807) is 50.4 Å². The van der Waals surface area contributed by atoms with Gasteiger partial charge in [0.2, 0.25) is 5.91 Å². The van der Waals surface area contributed by atoms with Gasteiger partial charge >= 0.3 is 0 Å². The van der Waals surface area contributed by atoms with Crippen LogP contribution >= 0.6 is 11.5 Å². The summed E-state index contributed by atoms with van der Waals surface area (Å²) in [5.74, 6) is -1.58. The van der Waals surface area contributed by atoms with Gasteiger partial charge in [-0.15, -0.1) is 0 Å². The number of benzene rings is 2. The van der Waals surface area contributed by atoms with Crippen molar-refractivity contribution < 1.29 is 23.5 Å². The molecule has 2 aromatic carbocycles. The van der Waals surface area contributed by atoms with E-state index in [-0.39, 0.29) is 35.2 Å². The first-order chi connectivity index (χ1) is 16.2. The molecule has 0 saturated heterocycles. The smallest absolute Gasteiger partial charge is 0.270 e. The molecule has 1 atom stereocenters. The van der Waals surface area contributed by atoms with Crippen molar-refractivity contribution in [1.29, 1.82) is 0 Å². The molecule has 11 heteroatoms. The van der Waals surface area contributed by atoms with Gasteiger partial charge in [0.15, 0.2) is 5.69 Å². The number of hydrogen-bond donors (Lipinski definition) is 3. The number of methoxy groups -OCH3 is 1. The van der Waals surface area contributed by atoms with E-state index >= 15 is 0 Å². The van der Waals surface area contributed by atoms with Gasteiger partial charge in [0.25, 0.3) is 11.8 Å². The number of carbonyl (C=O) groups is 3. The third-order valence-corrected chi connectivity index (χ3v) is 6.01. The number of rotatable bonds is 9. The number of aromatic nitrogens is 1. The Morgan fingerprint density at radius 1 is 1.12 bits per heavy atom. The van der Waals surface area contributed by atoms with Crippen LogP contribution in [-0.4, -0.2) is 40.1 Å². The van der Waals surface area contributed by atoms with Crippen molar-refractivity contribution in [3.05, 3.63) is 76.0 Å². The summed E-state index contributed by atoms with van der Waals surface area (Å²) in [4.78, 5) is 39.2. The number of ether oxygens (including phenoxy) is 1. The fraction of sp³-hybridized carbons (Fsp3) is 0.217. The van der Waals surface area contributed by atoms with Gasteiger partial charge in [-0.25, -0.2) is 4.39 Å². The number of amides is 3. The standard InChI is InChI=1S/C23H24FN5O4S/c1-13(22(31)27-11-14-3-7-16(24)8-4-14)29(12-15-5-9-17(33-2)10-6-15)23(32)20-18(25)19(21(26)30)28-34-20/h3-10,13H,11-12,25H2,1-2H3,(H2,26,30)(H,27,31)/t13-/m0/s1. The monoisotopic (exact) mass is 485 g/mol. The van der Waals surface area contributed by atoms with Crippen LogP contribution in [0.3, 0.4) is 0 Å². The first-order valence-electron chi connectivity index (χ1n) is 10.2. The number of nitrogens with zero attached hydrogens (tertiary/aromatic N) is 2. The van der Waals surface area contributed by atoms with Crippen LogP contribution in [0.15, 0.2) is 48.5 Å². The van der Waals surface area contributed by atoms with Crippen molar-refractivity contribution in [2.45, 2.75) is 26.1 Å². The molecular formula is C23H24FN5O4S. The average molecular weight is 486 g/mol. The lowest BCUT2D eigenvalue weighted by Gasteiger charge is -2.28. The molecule has 1 aromatic heterocycles. The van der Waals surface area contributed by atoms with Gasteiger partial charge in [-0.05, 0) is 53.8 Å². The topological polar surface area (TPSA) is 141 Å². The number of halogens is 1. The fourth-order valence-electron chi connectivity index (χ4n) is 3.15. The number of anilines is 1. The van der Waals surface area contributed by atoms with Gasteiger partial charge in [-0.3, -0.25) is 14.4 Å². The van der Waals surface area contributed by atoms with Gasteiger partial charge in [0, 0.05) is 13.1 Å². The van der Waals surface area contributed by atoms with Crippen LogP contribution in [0.1, 0.15) is 38.2 Å². The van der Waals surface area contributed by atoms with Crippen LogP contribution in [-0.2, 0) is 17.9 Å². The minimum absolute atomic E-state index is 0.0143. The van der Waals surface area contributed by atoms with Crippen molar-refractivity contribution in [1.82, 2.24) is 14.6 Å². The Hall–Kier alpha value is -3.99. The van der Waals surface area contributed by atoms with Gasteiger partial charge in [-0.1, -0.05) is 24.3 Å². The van der Waals surface area contributed by atoms with Crippen LogP contribution in [0.2, 0.25) is 0 Å². The molecule has 0 unspecified atom stereocenters. The normalized spacial score (nSPS) is 11.5. The molecule has 1 heterocycles. The number of nitrogens with two attached hydrogens (primary N) is 2. The lowest BCUT2D eigenvalue weighted by molar-refractivity contribution is -0.125. The predicted octanol–water partition coefficient (Wildman–Crippen LogP) is 2.32. The van der Waals surface area contributed by atoms with Gasteiger partial charge in [0.05, 0.1) is 12.8 Å². The SMILES string of the molecule is COc1ccc(CN(C(=O)c2snc(C(N)=O)c2N)[C@@H](C)C(=O)NCc2ccc(F)cc2)cc1. The molecule has 3 aromatic rings. The number of carbonyl (C=O) groups excluding carboxylic acids is 3. The lowest BCUT2D eigenvalue weighted by Crippen LogP contribution is -2.47. The Bertz CT molecular complexity index is 1180. The van der Waals surface area contributed by atoms with Crippen LogP contribution in [0.25, 0.3) is 0 Å². The molecule has 3 rings (SSSR count). The van der Waals surface area contributed by atoms with Crippen LogP contribution in [0.4, 0.5) is 10.1 Å². The number of primary amides is 1. The van der Waals surface area contributed by atoms with E-state index in [2.05, 4.69) is 9.69 Å². The highest BCUT2D eigenvalue weighted by atomic mass is 32.1. The lowest BCUT2D eigenvalue weighted by atomic mass is 10.1. The first-order valence-corrected chi connectivity index (χ1v) is 11.0. The number of hydrogen-bond acceptors (Lipinski definition) is 7. The molecule has 0 aliphatic heterocycles. The van der Waals surface area contributed by atoms with Crippen LogP contribution in [0.5, 0.6) is 5.75 Å². The Morgan fingerprint density at radius 3 is 2.29 bits per heavy atom. The van der Waals surface area contributed by atoms with Crippen molar-refractivity contribution >= 4 is 34.9 Å². The summed E-state index contributed by atoms with van der Waals surface area (Å²) in [6, 6.07) is 11.8. The summed E-state index contributed by atoms with van der Waals surface area (Å²) in [6.07, 6.45) is 0. The molecule has 0 fully saturated rings. The third kappa shape index (κ3) is 5.67. The number of nitrogens with one attached hydrogen (secondary N) is 1. The van der Waals surface area contributed by atoms with Crippen molar-refractivity contribution in [3.63, 3.8) is 0 Å². The highest BCUT2D eigenvalue weighted by Crippen LogP contribution is 2.25.